The quantitative estimate of drug-likeness (QED) is 0.583. The highest BCUT2D eigenvalue weighted by Gasteiger charge is 2.51. The van der Waals surface area contributed by atoms with Crippen molar-refractivity contribution in [2.45, 2.75) is 49.8 Å². The van der Waals surface area contributed by atoms with E-state index in [0.29, 0.717) is 11.4 Å². The molecule has 1 aromatic rings. The molecule has 0 radical (unpaired) electrons. The second-order valence-electron chi connectivity index (χ2n) is 8.41. The zero-order valence-electron chi connectivity index (χ0n) is 14.8. The number of halogens is 1. The summed E-state index contributed by atoms with van der Waals surface area (Å²) in [6.07, 6.45) is 8.26. The van der Waals surface area contributed by atoms with E-state index in [0.717, 1.165) is 22.6 Å². The molecule has 4 aliphatic carbocycles. The zero-order chi connectivity index (χ0) is 18.1. The van der Waals surface area contributed by atoms with Gasteiger partial charge in [0.15, 0.2) is 0 Å². The van der Waals surface area contributed by atoms with E-state index in [4.69, 9.17) is 11.6 Å². The average molecular weight is 393 g/mol. The molecule has 1 aromatic carbocycles. The molecule has 4 aliphatic rings. The topological polar surface area (TPSA) is 58.2 Å². The maximum absolute atomic E-state index is 12.4. The normalized spacial score (nSPS) is 31.7. The van der Waals surface area contributed by atoms with Crippen LogP contribution >= 0.6 is 23.4 Å². The lowest BCUT2D eigenvalue weighted by atomic mass is 9.49. The van der Waals surface area contributed by atoms with Gasteiger partial charge in [0, 0.05) is 11.3 Å². The Morgan fingerprint density at radius 2 is 1.58 bits per heavy atom. The molecule has 0 atom stereocenters. The number of rotatable bonds is 5. The molecule has 6 heteroatoms. The van der Waals surface area contributed by atoms with Crippen molar-refractivity contribution in [3.05, 3.63) is 29.3 Å². The van der Waals surface area contributed by atoms with Gasteiger partial charge in [-0.2, -0.15) is 0 Å². The minimum atomic E-state index is -0.214. The van der Waals surface area contributed by atoms with Gasteiger partial charge < -0.3 is 0 Å². The van der Waals surface area contributed by atoms with Crippen molar-refractivity contribution in [2.24, 2.45) is 23.2 Å². The van der Waals surface area contributed by atoms with Gasteiger partial charge in [0.1, 0.15) is 0 Å². The Bertz CT molecular complexity index is 674. The van der Waals surface area contributed by atoms with Crippen molar-refractivity contribution in [1.29, 1.82) is 0 Å². The summed E-state index contributed by atoms with van der Waals surface area (Å²) in [5.41, 5.74) is 5.37. The summed E-state index contributed by atoms with van der Waals surface area (Å²) in [7, 11) is 0. The molecule has 2 amide bonds. The molecular formula is C20H25ClN2O2S. The fourth-order valence-corrected chi connectivity index (χ4v) is 6.81. The maximum Gasteiger partial charge on any atom is 0.248 e. The van der Waals surface area contributed by atoms with Crippen LogP contribution < -0.4 is 10.9 Å². The van der Waals surface area contributed by atoms with Crippen LogP contribution in [0.15, 0.2) is 29.2 Å². The molecule has 0 heterocycles. The fraction of sp³-hybridized carbons (Fsp3) is 0.600. The molecule has 5 rings (SSSR count). The van der Waals surface area contributed by atoms with Crippen molar-refractivity contribution in [1.82, 2.24) is 10.9 Å². The predicted octanol–water partition coefficient (Wildman–Crippen LogP) is 4.19. The summed E-state index contributed by atoms with van der Waals surface area (Å²) >= 11 is 7.45. The van der Waals surface area contributed by atoms with Crippen LogP contribution in [0.4, 0.5) is 0 Å². The largest absolute Gasteiger partial charge is 0.273 e. The van der Waals surface area contributed by atoms with Gasteiger partial charge in [-0.05, 0) is 73.8 Å². The van der Waals surface area contributed by atoms with E-state index in [1.54, 1.807) is 6.07 Å². The van der Waals surface area contributed by atoms with Crippen LogP contribution in [0.25, 0.3) is 0 Å². The number of thioether (sulfide) groups is 1. The van der Waals surface area contributed by atoms with E-state index >= 15 is 0 Å². The SMILES string of the molecule is O=C(CSc1ccccc1Cl)NNC(=O)CC12CC3CC(CC(C3)C1)C2. The highest BCUT2D eigenvalue weighted by atomic mass is 35.5. The molecule has 4 nitrogen and oxygen atoms in total. The van der Waals surface area contributed by atoms with Gasteiger partial charge in [0.25, 0.3) is 0 Å². The number of hydrogen-bond acceptors (Lipinski definition) is 3. The third-order valence-electron chi connectivity index (χ3n) is 6.24. The first-order valence-electron chi connectivity index (χ1n) is 9.46. The Hall–Kier alpha value is -1.20. The number of hydrazine groups is 1. The number of amides is 2. The average Bonchev–Trinajstić information content (AvgIpc) is 2.57. The smallest absolute Gasteiger partial charge is 0.248 e. The first-order chi connectivity index (χ1) is 12.5. The zero-order valence-corrected chi connectivity index (χ0v) is 16.4. The Morgan fingerprint density at radius 1 is 1.00 bits per heavy atom. The summed E-state index contributed by atoms with van der Waals surface area (Å²) in [6, 6.07) is 7.43. The summed E-state index contributed by atoms with van der Waals surface area (Å²) in [6.45, 7) is 0. The van der Waals surface area contributed by atoms with E-state index in [9.17, 15) is 9.59 Å². The van der Waals surface area contributed by atoms with Crippen LogP contribution in [-0.2, 0) is 9.59 Å². The number of carbonyl (C=O) groups excluding carboxylic acids is 2. The monoisotopic (exact) mass is 392 g/mol. The van der Waals surface area contributed by atoms with Crippen LogP contribution in [0, 0.1) is 23.2 Å². The molecule has 0 aromatic heterocycles. The minimum absolute atomic E-state index is 0.0527. The van der Waals surface area contributed by atoms with Crippen molar-refractivity contribution in [2.75, 3.05) is 5.75 Å². The third-order valence-corrected chi connectivity index (χ3v) is 7.75. The van der Waals surface area contributed by atoms with Gasteiger partial charge in [-0.15, -0.1) is 11.8 Å². The summed E-state index contributed by atoms with van der Waals surface area (Å²) < 4.78 is 0. The first kappa shape index (κ1) is 18.2. The minimum Gasteiger partial charge on any atom is -0.273 e. The van der Waals surface area contributed by atoms with E-state index < -0.39 is 0 Å². The van der Waals surface area contributed by atoms with Crippen LogP contribution in [0.3, 0.4) is 0 Å². The molecular weight excluding hydrogens is 368 g/mol. The highest BCUT2D eigenvalue weighted by Crippen LogP contribution is 2.61. The Kier molecular flexibility index (Phi) is 5.20. The Labute approximate surface area is 163 Å². The molecule has 0 aliphatic heterocycles. The van der Waals surface area contributed by atoms with Gasteiger partial charge >= 0.3 is 0 Å². The van der Waals surface area contributed by atoms with E-state index in [1.165, 1.54) is 50.3 Å². The van der Waals surface area contributed by atoms with Gasteiger partial charge in [0.05, 0.1) is 10.8 Å². The predicted molar refractivity (Wildman–Crippen MR) is 104 cm³/mol. The molecule has 4 fully saturated rings. The maximum atomic E-state index is 12.4. The third kappa shape index (κ3) is 4.04. The van der Waals surface area contributed by atoms with Crippen LogP contribution in [0.2, 0.25) is 5.02 Å². The second-order valence-corrected chi connectivity index (χ2v) is 9.83. The molecule has 0 saturated heterocycles. The van der Waals surface area contributed by atoms with E-state index in [2.05, 4.69) is 10.9 Å². The highest BCUT2D eigenvalue weighted by molar-refractivity contribution is 8.00. The van der Waals surface area contributed by atoms with Gasteiger partial charge in [-0.25, -0.2) is 0 Å². The van der Waals surface area contributed by atoms with E-state index in [-0.39, 0.29) is 23.0 Å². The Morgan fingerprint density at radius 3 is 2.19 bits per heavy atom. The molecule has 140 valence electrons. The van der Waals surface area contributed by atoms with Gasteiger partial charge in [-0.1, -0.05) is 23.7 Å². The number of hydrogen-bond donors (Lipinski definition) is 2. The number of benzene rings is 1. The lowest BCUT2D eigenvalue weighted by Crippen LogP contribution is -2.50. The van der Waals surface area contributed by atoms with Crippen molar-refractivity contribution in [3.8, 4) is 0 Å². The van der Waals surface area contributed by atoms with Gasteiger partial charge in [-0.3, -0.25) is 20.4 Å². The second kappa shape index (κ2) is 7.43. The molecule has 0 unspecified atom stereocenters. The lowest BCUT2D eigenvalue weighted by molar-refractivity contribution is -0.133. The van der Waals surface area contributed by atoms with Crippen LogP contribution in [0.5, 0.6) is 0 Å². The number of carbonyl (C=O) groups is 2. The molecule has 0 spiro atoms. The van der Waals surface area contributed by atoms with Crippen molar-refractivity contribution in [3.63, 3.8) is 0 Å². The first-order valence-corrected chi connectivity index (χ1v) is 10.8. The fourth-order valence-electron chi connectivity index (χ4n) is 5.77. The Balaban J connectivity index is 1.23. The van der Waals surface area contributed by atoms with Crippen molar-refractivity contribution >= 4 is 35.2 Å². The van der Waals surface area contributed by atoms with Crippen LogP contribution in [-0.4, -0.2) is 17.6 Å². The lowest BCUT2D eigenvalue weighted by Gasteiger charge is -2.56. The van der Waals surface area contributed by atoms with Crippen molar-refractivity contribution < 1.29 is 9.59 Å². The number of nitrogens with one attached hydrogen (secondary N) is 2. The van der Waals surface area contributed by atoms with Crippen LogP contribution in [0.1, 0.15) is 44.9 Å². The molecule has 2 N–H and O–H groups in total. The summed E-state index contributed by atoms with van der Waals surface area (Å²) in [4.78, 5) is 25.3. The standard InChI is InChI=1S/C20H25ClN2O2S/c21-16-3-1-2-4-17(16)26-12-19(25)23-22-18(24)11-20-8-13-5-14(9-20)7-15(6-13)10-20/h1-4,13-15H,5-12H2,(H,22,24)(H,23,25). The summed E-state index contributed by atoms with van der Waals surface area (Å²) in [5.74, 6) is 2.44. The van der Waals surface area contributed by atoms with E-state index in [1.807, 2.05) is 18.2 Å². The molecule has 4 saturated carbocycles. The van der Waals surface area contributed by atoms with Gasteiger partial charge in [0.2, 0.25) is 11.8 Å². The summed E-state index contributed by atoms with van der Waals surface area (Å²) in [5, 5.41) is 0.635. The molecule has 4 bridgehead atoms. The molecule has 26 heavy (non-hydrogen) atoms.